The molecule has 0 saturated heterocycles. The largest absolute Gasteiger partial charge is 0.495 e. The van der Waals surface area contributed by atoms with Gasteiger partial charge >= 0.3 is 12.0 Å². The first kappa shape index (κ1) is 16.3. The second-order valence-electron chi connectivity index (χ2n) is 4.31. The van der Waals surface area contributed by atoms with Crippen LogP contribution in [0.4, 0.5) is 10.5 Å². The van der Waals surface area contributed by atoms with Gasteiger partial charge in [0.15, 0.2) is 0 Å². The summed E-state index contributed by atoms with van der Waals surface area (Å²) in [5, 5.41) is 22.7. The molecule has 1 atom stereocenters. The molecular formula is C14H17N3O4. The second-order valence-corrected chi connectivity index (χ2v) is 4.31. The maximum absolute atomic E-state index is 11.7. The molecule has 21 heavy (non-hydrogen) atoms. The minimum atomic E-state index is -0.950. The molecule has 0 aliphatic carbocycles. The van der Waals surface area contributed by atoms with Crippen LogP contribution in [0.25, 0.3) is 0 Å². The first-order valence-electron chi connectivity index (χ1n) is 6.37. The average Bonchev–Trinajstić information content (AvgIpc) is 2.47. The fraction of sp³-hybridized carbons (Fsp3) is 0.357. The van der Waals surface area contributed by atoms with E-state index in [2.05, 4.69) is 10.6 Å². The number of anilines is 1. The van der Waals surface area contributed by atoms with Gasteiger partial charge in [-0.05, 0) is 18.6 Å². The smallest absolute Gasteiger partial charge is 0.319 e. The van der Waals surface area contributed by atoms with Crippen molar-refractivity contribution in [3.8, 4) is 11.8 Å². The maximum atomic E-state index is 11.7. The van der Waals surface area contributed by atoms with Crippen LogP contribution >= 0.6 is 0 Å². The zero-order chi connectivity index (χ0) is 15.8. The van der Waals surface area contributed by atoms with Crippen molar-refractivity contribution in [2.45, 2.75) is 13.3 Å². The number of nitriles is 1. The van der Waals surface area contributed by atoms with Crippen LogP contribution in [-0.2, 0) is 4.79 Å². The number of urea groups is 1. The van der Waals surface area contributed by atoms with Gasteiger partial charge in [-0.25, -0.2) is 4.79 Å². The number of rotatable bonds is 6. The van der Waals surface area contributed by atoms with Gasteiger partial charge in [-0.15, -0.1) is 0 Å². The highest BCUT2D eigenvalue weighted by Gasteiger charge is 2.16. The predicted molar refractivity (Wildman–Crippen MR) is 76.1 cm³/mol. The van der Waals surface area contributed by atoms with E-state index in [1.807, 2.05) is 6.07 Å². The third kappa shape index (κ3) is 4.69. The highest BCUT2D eigenvalue weighted by Crippen LogP contribution is 2.25. The summed E-state index contributed by atoms with van der Waals surface area (Å²) in [6.07, 6.45) is 0.426. The van der Waals surface area contributed by atoms with Gasteiger partial charge in [0.05, 0.1) is 30.3 Å². The Hall–Kier alpha value is -2.75. The molecule has 0 aliphatic rings. The van der Waals surface area contributed by atoms with Gasteiger partial charge in [0.25, 0.3) is 0 Å². The number of carbonyl (C=O) groups is 2. The van der Waals surface area contributed by atoms with Gasteiger partial charge in [0.1, 0.15) is 5.75 Å². The molecule has 0 radical (unpaired) electrons. The van der Waals surface area contributed by atoms with Gasteiger partial charge in [0.2, 0.25) is 0 Å². The number of aliphatic carboxylic acids is 1. The minimum Gasteiger partial charge on any atom is -0.495 e. The molecule has 7 nitrogen and oxygen atoms in total. The summed E-state index contributed by atoms with van der Waals surface area (Å²) >= 11 is 0. The van der Waals surface area contributed by atoms with Crippen molar-refractivity contribution in [1.29, 1.82) is 5.26 Å². The summed E-state index contributed by atoms with van der Waals surface area (Å²) < 4.78 is 5.09. The van der Waals surface area contributed by atoms with Crippen LogP contribution in [0.5, 0.6) is 5.75 Å². The number of nitrogens with zero attached hydrogens (tertiary/aromatic N) is 1. The van der Waals surface area contributed by atoms with E-state index in [1.165, 1.54) is 13.2 Å². The van der Waals surface area contributed by atoms with Crippen molar-refractivity contribution < 1.29 is 19.4 Å². The predicted octanol–water partition coefficient (Wildman–Crippen LogP) is 1.80. The van der Waals surface area contributed by atoms with Gasteiger partial charge in [-0.3, -0.25) is 4.79 Å². The lowest BCUT2D eigenvalue weighted by atomic mass is 10.1. The van der Waals surface area contributed by atoms with Gasteiger partial charge in [0, 0.05) is 12.6 Å². The van der Waals surface area contributed by atoms with Crippen molar-refractivity contribution in [3.63, 3.8) is 0 Å². The molecule has 0 bridgehead atoms. The minimum absolute atomic E-state index is 0.0380. The fourth-order valence-corrected chi connectivity index (χ4v) is 1.65. The van der Waals surface area contributed by atoms with Gasteiger partial charge in [-0.1, -0.05) is 6.92 Å². The Kier molecular flexibility index (Phi) is 6.01. The Morgan fingerprint density at radius 2 is 2.19 bits per heavy atom. The van der Waals surface area contributed by atoms with E-state index in [1.54, 1.807) is 19.1 Å². The SMILES string of the molecule is CCC(CNC(=O)Nc1ccc(C#N)cc1OC)C(=O)O. The van der Waals surface area contributed by atoms with Crippen molar-refractivity contribution in [3.05, 3.63) is 23.8 Å². The first-order valence-corrected chi connectivity index (χ1v) is 6.37. The normalized spacial score (nSPS) is 11.1. The molecule has 1 rings (SSSR count). The van der Waals surface area contributed by atoms with E-state index < -0.39 is 17.9 Å². The number of amides is 2. The van der Waals surface area contributed by atoms with Crippen molar-refractivity contribution in [2.75, 3.05) is 19.0 Å². The highest BCUT2D eigenvalue weighted by molar-refractivity contribution is 5.91. The molecule has 0 aliphatic heterocycles. The molecule has 1 unspecified atom stereocenters. The molecule has 7 heteroatoms. The highest BCUT2D eigenvalue weighted by atomic mass is 16.5. The number of benzene rings is 1. The summed E-state index contributed by atoms with van der Waals surface area (Å²) in [6.45, 7) is 1.78. The van der Waals surface area contributed by atoms with Crippen LogP contribution in [0, 0.1) is 17.2 Å². The van der Waals surface area contributed by atoms with Crippen LogP contribution in [-0.4, -0.2) is 30.8 Å². The molecular weight excluding hydrogens is 274 g/mol. The van der Waals surface area contributed by atoms with Crippen LogP contribution in [0.2, 0.25) is 0 Å². The molecule has 0 spiro atoms. The number of ether oxygens (including phenoxy) is 1. The lowest BCUT2D eigenvalue weighted by Gasteiger charge is -2.13. The third-order valence-electron chi connectivity index (χ3n) is 2.93. The third-order valence-corrected chi connectivity index (χ3v) is 2.93. The standard InChI is InChI=1S/C14H17N3O4/c1-3-10(13(18)19)8-16-14(20)17-11-5-4-9(7-15)6-12(11)21-2/h4-6,10H,3,8H2,1-2H3,(H,18,19)(H2,16,17,20). The molecule has 0 heterocycles. The van der Waals surface area contributed by atoms with Crippen molar-refractivity contribution >= 4 is 17.7 Å². The summed E-state index contributed by atoms with van der Waals surface area (Å²) in [7, 11) is 1.43. The zero-order valence-corrected chi connectivity index (χ0v) is 11.8. The first-order chi connectivity index (χ1) is 10.0. The number of methoxy groups -OCH3 is 1. The molecule has 1 aromatic rings. The zero-order valence-electron chi connectivity index (χ0n) is 11.8. The van der Waals surface area contributed by atoms with E-state index in [4.69, 9.17) is 15.1 Å². The monoisotopic (exact) mass is 291 g/mol. The number of nitrogens with one attached hydrogen (secondary N) is 2. The van der Waals surface area contributed by atoms with Crippen LogP contribution < -0.4 is 15.4 Å². The Bertz CT molecular complexity index is 566. The lowest BCUT2D eigenvalue weighted by Crippen LogP contribution is -2.35. The molecule has 2 amide bonds. The Balaban J connectivity index is 2.67. The van der Waals surface area contributed by atoms with Crippen LogP contribution in [0.1, 0.15) is 18.9 Å². The van der Waals surface area contributed by atoms with Gasteiger partial charge < -0.3 is 20.5 Å². The van der Waals surface area contributed by atoms with Crippen molar-refractivity contribution in [2.24, 2.45) is 5.92 Å². The molecule has 1 aromatic carbocycles. The number of carboxylic acids is 1. The Morgan fingerprint density at radius 3 is 2.71 bits per heavy atom. The maximum Gasteiger partial charge on any atom is 0.319 e. The topological polar surface area (TPSA) is 111 Å². The molecule has 3 N–H and O–H groups in total. The van der Waals surface area contributed by atoms with E-state index in [0.29, 0.717) is 23.4 Å². The van der Waals surface area contributed by atoms with Crippen molar-refractivity contribution in [1.82, 2.24) is 5.32 Å². The number of hydrogen-bond acceptors (Lipinski definition) is 4. The fourth-order valence-electron chi connectivity index (χ4n) is 1.65. The van der Waals surface area contributed by atoms with E-state index >= 15 is 0 Å². The molecule has 0 aromatic heterocycles. The quantitative estimate of drug-likeness (QED) is 0.740. The summed E-state index contributed by atoms with van der Waals surface area (Å²) in [6, 6.07) is 6.03. The molecule has 0 fully saturated rings. The van der Waals surface area contributed by atoms with E-state index in [0.717, 1.165) is 0 Å². The number of carboxylic acid groups (broad SMARTS) is 1. The lowest BCUT2D eigenvalue weighted by molar-refractivity contribution is -0.141. The Morgan fingerprint density at radius 1 is 1.48 bits per heavy atom. The summed E-state index contributed by atoms with van der Waals surface area (Å²) in [5.41, 5.74) is 0.812. The number of carbonyl (C=O) groups excluding carboxylic acids is 1. The van der Waals surface area contributed by atoms with E-state index in [9.17, 15) is 9.59 Å². The average molecular weight is 291 g/mol. The van der Waals surface area contributed by atoms with Gasteiger partial charge in [-0.2, -0.15) is 5.26 Å². The summed E-state index contributed by atoms with van der Waals surface area (Å²) in [5.74, 6) is -1.22. The van der Waals surface area contributed by atoms with Crippen LogP contribution in [0.15, 0.2) is 18.2 Å². The second kappa shape index (κ2) is 7.75. The molecule has 112 valence electrons. The summed E-state index contributed by atoms with van der Waals surface area (Å²) in [4.78, 5) is 22.6. The Labute approximate surface area is 122 Å². The molecule has 0 saturated carbocycles. The van der Waals surface area contributed by atoms with E-state index in [-0.39, 0.29) is 6.54 Å². The van der Waals surface area contributed by atoms with Crippen LogP contribution in [0.3, 0.4) is 0 Å². The number of hydrogen-bond donors (Lipinski definition) is 3.